The van der Waals surface area contributed by atoms with Gasteiger partial charge in [0.2, 0.25) is 10.0 Å². The molecule has 0 unspecified atom stereocenters. The lowest BCUT2D eigenvalue weighted by Crippen LogP contribution is -2.33. The Balaban J connectivity index is 2.31. The van der Waals surface area contributed by atoms with Crippen LogP contribution >= 0.6 is 0 Å². The molecule has 6 heteroatoms. The third kappa shape index (κ3) is 3.19. The molecule has 1 aliphatic rings. The van der Waals surface area contributed by atoms with Gasteiger partial charge >= 0.3 is 0 Å². The van der Waals surface area contributed by atoms with Crippen LogP contribution in [0.15, 0.2) is 23.1 Å². The Bertz CT molecular complexity index is 571. The highest BCUT2D eigenvalue weighted by atomic mass is 32.2. The molecule has 1 N–H and O–H groups in total. The molecule has 0 saturated heterocycles. The van der Waals surface area contributed by atoms with E-state index in [2.05, 4.69) is 5.32 Å². The Kier molecular flexibility index (Phi) is 4.78. The van der Waals surface area contributed by atoms with Crippen LogP contribution in [0, 0.1) is 5.82 Å². The zero-order chi connectivity index (χ0) is 14.8. The molecule has 1 aromatic carbocycles. The van der Waals surface area contributed by atoms with Gasteiger partial charge in [-0.15, -0.1) is 0 Å². The lowest BCUT2D eigenvalue weighted by molar-refractivity contribution is 0.420. The van der Waals surface area contributed by atoms with Gasteiger partial charge in [-0.1, -0.05) is 13.8 Å². The van der Waals surface area contributed by atoms with Crippen molar-refractivity contribution in [2.75, 3.05) is 13.1 Å². The predicted octanol–water partition coefficient (Wildman–Crippen LogP) is 2.11. The number of nitrogens with zero attached hydrogens (tertiary/aromatic N) is 1. The first-order chi connectivity index (χ1) is 9.50. The fourth-order valence-electron chi connectivity index (χ4n) is 2.23. The van der Waals surface area contributed by atoms with E-state index in [1.165, 1.54) is 22.5 Å². The number of hydrogen-bond donors (Lipinski definition) is 1. The fraction of sp³-hybridized carbons (Fsp3) is 0.571. The van der Waals surface area contributed by atoms with Crippen molar-refractivity contribution in [1.29, 1.82) is 0 Å². The van der Waals surface area contributed by atoms with E-state index in [0.717, 1.165) is 12.8 Å². The average molecular weight is 300 g/mol. The molecule has 0 spiro atoms. The van der Waals surface area contributed by atoms with Crippen molar-refractivity contribution in [3.63, 3.8) is 0 Å². The number of sulfonamides is 1. The van der Waals surface area contributed by atoms with E-state index in [-0.39, 0.29) is 16.8 Å². The Hall–Kier alpha value is -0.980. The van der Waals surface area contributed by atoms with Gasteiger partial charge in [-0.3, -0.25) is 0 Å². The summed E-state index contributed by atoms with van der Waals surface area (Å²) in [6.07, 6.45) is 1.83. The third-order valence-electron chi connectivity index (χ3n) is 3.46. The molecule has 0 aromatic heterocycles. The van der Waals surface area contributed by atoms with Crippen LogP contribution in [0.25, 0.3) is 0 Å². The van der Waals surface area contributed by atoms with Crippen LogP contribution in [-0.2, 0) is 16.6 Å². The normalized spacial score (nSPS) is 15.8. The Morgan fingerprint density at radius 3 is 2.60 bits per heavy atom. The first kappa shape index (κ1) is 15.4. The van der Waals surface area contributed by atoms with Crippen molar-refractivity contribution in [3.05, 3.63) is 29.6 Å². The van der Waals surface area contributed by atoms with E-state index in [4.69, 9.17) is 0 Å². The zero-order valence-corrected chi connectivity index (χ0v) is 12.7. The van der Waals surface area contributed by atoms with E-state index in [1.807, 2.05) is 13.8 Å². The molecule has 1 aromatic rings. The molecule has 0 aliphatic heterocycles. The monoisotopic (exact) mass is 300 g/mol. The van der Waals surface area contributed by atoms with Crippen molar-refractivity contribution in [3.8, 4) is 0 Å². The summed E-state index contributed by atoms with van der Waals surface area (Å²) >= 11 is 0. The summed E-state index contributed by atoms with van der Waals surface area (Å²) in [7, 11) is -3.51. The van der Waals surface area contributed by atoms with Crippen LogP contribution in [0.4, 0.5) is 4.39 Å². The summed E-state index contributed by atoms with van der Waals surface area (Å²) in [5.41, 5.74) is 0.389. The van der Waals surface area contributed by atoms with E-state index in [9.17, 15) is 12.8 Å². The molecule has 1 saturated carbocycles. The molecule has 0 heterocycles. The van der Waals surface area contributed by atoms with E-state index >= 15 is 0 Å². The van der Waals surface area contributed by atoms with Crippen molar-refractivity contribution >= 4 is 10.0 Å². The second-order valence-corrected chi connectivity index (χ2v) is 6.86. The summed E-state index contributed by atoms with van der Waals surface area (Å²) in [4.78, 5) is 0.181. The first-order valence-corrected chi connectivity index (χ1v) is 8.45. The smallest absolute Gasteiger partial charge is 0.243 e. The molecular formula is C14H21FN2O2S. The highest BCUT2D eigenvalue weighted by Gasteiger charge is 2.37. The van der Waals surface area contributed by atoms with Crippen molar-refractivity contribution < 1.29 is 12.8 Å². The van der Waals surface area contributed by atoms with Gasteiger partial charge < -0.3 is 5.32 Å². The molecule has 0 bridgehead atoms. The molecule has 0 radical (unpaired) electrons. The van der Waals surface area contributed by atoms with Crippen LogP contribution in [0.5, 0.6) is 0 Å². The van der Waals surface area contributed by atoms with Gasteiger partial charge in [-0.05, 0) is 37.6 Å². The summed E-state index contributed by atoms with van der Waals surface area (Å²) in [6, 6.07) is 4.15. The molecule has 1 fully saturated rings. The predicted molar refractivity (Wildman–Crippen MR) is 76.4 cm³/mol. The lowest BCUT2D eigenvalue weighted by Gasteiger charge is -2.20. The Labute approximate surface area is 120 Å². The van der Waals surface area contributed by atoms with E-state index in [0.29, 0.717) is 25.2 Å². The molecule has 2 rings (SSSR count). The van der Waals surface area contributed by atoms with Crippen LogP contribution in [0.2, 0.25) is 0 Å². The van der Waals surface area contributed by atoms with Crippen molar-refractivity contribution in [1.82, 2.24) is 9.62 Å². The standard InChI is InChI=1S/C14H21FN2O2S/c1-3-16-10-11-9-13(7-8-14(11)15)20(18,19)17(4-2)12-5-6-12/h7-9,12,16H,3-6,10H2,1-2H3. The number of rotatable bonds is 7. The van der Waals surface area contributed by atoms with Gasteiger partial charge in [0, 0.05) is 24.7 Å². The maximum atomic E-state index is 13.7. The maximum absolute atomic E-state index is 13.7. The summed E-state index contributed by atoms with van der Waals surface area (Å²) < 4.78 is 40.3. The summed E-state index contributed by atoms with van der Waals surface area (Å²) in [6.45, 7) is 5.25. The second kappa shape index (κ2) is 6.20. The van der Waals surface area contributed by atoms with Gasteiger partial charge in [-0.2, -0.15) is 4.31 Å². The first-order valence-electron chi connectivity index (χ1n) is 7.01. The second-order valence-electron chi connectivity index (χ2n) is 4.97. The lowest BCUT2D eigenvalue weighted by atomic mass is 10.2. The third-order valence-corrected chi connectivity index (χ3v) is 5.48. The van der Waals surface area contributed by atoms with Crippen LogP contribution in [0.1, 0.15) is 32.3 Å². The minimum Gasteiger partial charge on any atom is -0.313 e. The van der Waals surface area contributed by atoms with Gasteiger partial charge in [-0.25, -0.2) is 12.8 Å². The molecule has 4 nitrogen and oxygen atoms in total. The van der Waals surface area contributed by atoms with Gasteiger partial charge in [0.15, 0.2) is 0 Å². The van der Waals surface area contributed by atoms with Crippen molar-refractivity contribution in [2.24, 2.45) is 0 Å². The number of benzene rings is 1. The number of nitrogens with one attached hydrogen (secondary N) is 1. The summed E-state index contributed by atoms with van der Waals surface area (Å²) in [5, 5.41) is 3.01. The average Bonchev–Trinajstić information content (AvgIpc) is 3.22. The molecule has 1 aliphatic carbocycles. The fourth-order valence-corrected chi connectivity index (χ4v) is 3.97. The highest BCUT2D eigenvalue weighted by Crippen LogP contribution is 2.32. The molecule has 20 heavy (non-hydrogen) atoms. The maximum Gasteiger partial charge on any atom is 0.243 e. The minimum atomic E-state index is -3.51. The molecule has 0 amide bonds. The summed E-state index contributed by atoms with van der Waals surface area (Å²) in [5.74, 6) is -0.376. The molecular weight excluding hydrogens is 279 g/mol. The van der Waals surface area contributed by atoms with Gasteiger partial charge in [0.05, 0.1) is 4.90 Å². The molecule has 112 valence electrons. The Morgan fingerprint density at radius 2 is 2.05 bits per heavy atom. The van der Waals surface area contributed by atoms with Crippen LogP contribution in [-0.4, -0.2) is 31.9 Å². The Morgan fingerprint density at radius 1 is 1.35 bits per heavy atom. The van der Waals surface area contributed by atoms with E-state index in [1.54, 1.807) is 0 Å². The van der Waals surface area contributed by atoms with Crippen LogP contribution < -0.4 is 5.32 Å². The van der Waals surface area contributed by atoms with Gasteiger partial charge in [0.25, 0.3) is 0 Å². The quantitative estimate of drug-likeness (QED) is 0.839. The van der Waals surface area contributed by atoms with Crippen molar-refractivity contribution in [2.45, 2.75) is 44.2 Å². The van der Waals surface area contributed by atoms with E-state index < -0.39 is 10.0 Å². The van der Waals surface area contributed by atoms with Crippen LogP contribution in [0.3, 0.4) is 0 Å². The van der Waals surface area contributed by atoms with Gasteiger partial charge in [0.1, 0.15) is 5.82 Å². The minimum absolute atomic E-state index is 0.118. The largest absolute Gasteiger partial charge is 0.313 e. The topological polar surface area (TPSA) is 49.4 Å². The number of halogens is 1. The number of hydrogen-bond acceptors (Lipinski definition) is 3. The SMILES string of the molecule is CCNCc1cc(S(=O)(=O)N(CC)C2CC2)ccc1F. The highest BCUT2D eigenvalue weighted by molar-refractivity contribution is 7.89. The zero-order valence-electron chi connectivity index (χ0n) is 11.9. The molecule has 0 atom stereocenters.